The summed E-state index contributed by atoms with van der Waals surface area (Å²) >= 11 is 0. The van der Waals surface area contributed by atoms with Crippen LogP contribution in [0, 0.1) is 34.5 Å². The fourth-order valence-electron chi connectivity index (χ4n) is 8.18. The van der Waals surface area contributed by atoms with Crippen molar-refractivity contribution in [3.63, 3.8) is 0 Å². The highest BCUT2D eigenvalue weighted by atomic mass is 16.2. The molecule has 1 aliphatic heterocycles. The molecule has 0 aromatic heterocycles. The second-order valence-corrected chi connectivity index (χ2v) is 16.4. The first-order chi connectivity index (χ1) is 23.0. The highest BCUT2D eigenvalue weighted by Gasteiger charge is 2.70. The van der Waals surface area contributed by atoms with E-state index in [9.17, 15) is 28.8 Å². The number of amides is 6. The lowest BCUT2D eigenvalue weighted by Gasteiger charge is -2.38. The Balaban J connectivity index is 1.34. The van der Waals surface area contributed by atoms with Crippen LogP contribution in [0.25, 0.3) is 0 Å². The molecule has 268 valence electrons. The molecule has 5 rings (SSSR count). The van der Waals surface area contributed by atoms with Crippen molar-refractivity contribution in [2.45, 2.75) is 110 Å². The largest absolute Gasteiger partial charge is 0.363 e. The Morgan fingerprint density at radius 2 is 1.51 bits per heavy atom. The third-order valence-electron chi connectivity index (χ3n) is 11.4. The Bertz CT molecular complexity index is 1450. The summed E-state index contributed by atoms with van der Waals surface area (Å²) in [5, 5.41) is 8.66. The number of piperidine rings is 1. The topological polar surface area (TPSA) is 171 Å². The summed E-state index contributed by atoms with van der Waals surface area (Å²) in [7, 11) is 1.71. The van der Waals surface area contributed by atoms with Crippen molar-refractivity contribution in [1.29, 1.82) is 0 Å². The van der Waals surface area contributed by atoms with Crippen LogP contribution < -0.4 is 21.7 Å². The third-order valence-corrected chi connectivity index (χ3v) is 11.4. The molecule has 1 unspecified atom stereocenters. The van der Waals surface area contributed by atoms with Crippen LogP contribution in [0.1, 0.15) is 85.1 Å². The lowest BCUT2D eigenvalue weighted by molar-refractivity contribution is -0.144. The van der Waals surface area contributed by atoms with Crippen LogP contribution in [0.4, 0.5) is 4.79 Å². The quantitative estimate of drug-likeness (QED) is 0.248. The van der Waals surface area contributed by atoms with Crippen LogP contribution in [0.5, 0.6) is 0 Å². The molecule has 12 heteroatoms. The van der Waals surface area contributed by atoms with E-state index in [1.54, 1.807) is 16.8 Å². The Labute approximate surface area is 289 Å². The number of likely N-dealkylation sites (tertiary alicyclic amines) is 1. The van der Waals surface area contributed by atoms with E-state index in [1.807, 2.05) is 51.1 Å². The number of fused-ring (bicyclic) bond motifs is 1. The number of Topliss-reactive ketones (excluding diaryl/α,β-unsaturated/α-hetero) is 1. The van der Waals surface area contributed by atoms with Crippen LogP contribution >= 0.6 is 0 Å². The van der Waals surface area contributed by atoms with Gasteiger partial charge in [0.15, 0.2) is 0 Å². The smallest absolute Gasteiger partial charge is 0.316 e. The van der Waals surface area contributed by atoms with Crippen LogP contribution in [0.15, 0.2) is 30.3 Å². The molecule has 5 N–H and O–H groups in total. The molecule has 6 atom stereocenters. The average Bonchev–Trinajstić information content (AvgIpc) is 3.93. The summed E-state index contributed by atoms with van der Waals surface area (Å²) in [6, 6.07) is 5.37. The van der Waals surface area contributed by atoms with Crippen molar-refractivity contribution < 1.29 is 28.8 Å². The van der Waals surface area contributed by atoms with Gasteiger partial charge in [0.2, 0.25) is 23.5 Å². The summed E-state index contributed by atoms with van der Waals surface area (Å²) in [4.78, 5) is 83.6. The van der Waals surface area contributed by atoms with Crippen LogP contribution in [-0.2, 0) is 30.5 Å². The molecule has 1 aromatic carbocycles. The first-order valence-corrected chi connectivity index (χ1v) is 17.8. The van der Waals surface area contributed by atoms with Gasteiger partial charge in [0, 0.05) is 20.1 Å². The lowest BCUT2D eigenvalue weighted by Crippen LogP contribution is -2.62. The van der Waals surface area contributed by atoms with Gasteiger partial charge in [-0.15, -0.1) is 0 Å². The van der Waals surface area contributed by atoms with Gasteiger partial charge in [-0.3, -0.25) is 24.0 Å². The number of likely N-dealkylation sites (N-methyl/N-ethyl adjacent to an activating group) is 1. The van der Waals surface area contributed by atoms with Crippen molar-refractivity contribution in [3.05, 3.63) is 35.9 Å². The van der Waals surface area contributed by atoms with Crippen molar-refractivity contribution in [2.24, 2.45) is 40.2 Å². The fourth-order valence-corrected chi connectivity index (χ4v) is 8.18. The number of ketones is 1. The molecule has 49 heavy (non-hydrogen) atoms. The third kappa shape index (κ3) is 7.94. The Morgan fingerprint density at radius 3 is 2.08 bits per heavy atom. The van der Waals surface area contributed by atoms with E-state index >= 15 is 0 Å². The minimum atomic E-state index is -1.09. The van der Waals surface area contributed by atoms with Crippen molar-refractivity contribution in [3.8, 4) is 0 Å². The number of rotatable bonds is 12. The molecule has 3 saturated carbocycles. The first kappa shape index (κ1) is 36.3. The molecule has 1 heterocycles. The summed E-state index contributed by atoms with van der Waals surface area (Å²) < 4.78 is 0. The van der Waals surface area contributed by atoms with Gasteiger partial charge in [-0.2, -0.15) is 0 Å². The van der Waals surface area contributed by atoms with Crippen molar-refractivity contribution in [1.82, 2.24) is 25.8 Å². The van der Waals surface area contributed by atoms with Gasteiger partial charge >= 0.3 is 6.03 Å². The minimum Gasteiger partial charge on any atom is -0.363 e. The van der Waals surface area contributed by atoms with E-state index in [4.69, 9.17) is 5.73 Å². The molecule has 0 bridgehead atoms. The Morgan fingerprint density at radius 1 is 0.898 bits per heavy atom. The number of carbonyl (C=O) groups is 6. The number of urea groups is 1. The molecular weight excluding hydrogens is 624 g/mol. The van der Waals surface area contributed by atoms with Gasteiger partial charge in [0.1, 0.15) is 24.2 Å². The molecule has 4 fully saturated rings. The predicted octanol–water partition coefficient (Wildman–Crippen LogP) is 2.74. The molecule has 3 aliphatic carbocycles. The average molecular weight is 679 g/mol. The van der Waals surface area contributed by atoms with Gasteiger partial charge in [0.05, 0.1) is 0 Å². The predicted molar refractivity (Wildman–Crippen MR) is 183 cm³/mol. The zero-order valence-corrected chi connectivity index (χ0v) is 29.8. The SMILES string of the molecule is CN(Cc1ccccc1)C(=O)[C@@H](NC(=O)N[C@H](C(=O)N1C[C@H]2[C@@H]([C@H]1C(=O)NC(C(=O)C(N)=O)C1CC1)C2(C)C)C1CCCCC1)C(C)(C)C. The molecule has 0 radical (unpaired) electrons. The fraction of sp³-hybridized carbons (Fsp3) is 0.676. The zero-order valence-electron chi connectivity index (χ0n) is 29.8. The van der Waals surface area contributed by atoms with Gasteiger partial charge in [-0.1, -0.05) is 84.2 Å². The second-order valence-electron chi connectivity index (χ2n) is 16.4. The number of primary amides is 1. The minimum absolute atomic E-state index is 0.0855. The molecule has 1 aromatic rings. The van der Waals surface area contributed by atoms with E-state index in [0.717, 1.165) is 37.7 Å². The summed E-state index contributed by atoms with van der Waals surface area (Å²) in [6.45, 7) is 10.5. The first-order valence-electron chi connectivity index (χ1n) is 17.8. The molecule has 0 spiro atoms. The summed E-state index contributed by atoms with van der Waals surface area (Å²) in [6.07, 6.45) is 5.80. The summed E-state index contributed by atoms with van der Waals surface area (Å²) in [5.41, 5.74) is 5.46. The number of hydrogen-bond acceptors (Lipinski definition) is 6. The van der Waals surface area contributed by atoms with Crippen molar-refractivity contribution in [2.75, 3.05) is 13.6 Å². The number of carbonyl (C=O) groups excluding carboxylic acids is 6. The maximum Gasteiger partial charge on any atom is 0.316 e. The van der Waals surface area contributed by atoms with Gasteiger partial charge < -0.3 is 31.5 Å². The molecule has 12 nitrogen and oxygen atoms in total. The number of nitrogens with zero attached hydrogens (tertiary/aromatic N) is 2. The number of hydrogen-bond donors (Lipinski definition) is 4. The van der Waals surface area contributed by atoms with Gasteiger partial charge in [0.25, 0.3) is 5.91 Å². The standard InChI is InChI=1S/C37H54N6O6/c1-36(2,3)30(34(48)42(6)19-21-13-9-7-10-14-21)41-35(49)40-27(22-15-11-8-12-16-22)33(47)43-20-24-25(37(24,4)5)28(43)32(46)39-26(23-17-18-23)29(44)31(38)45/h7,9-10,13-14,22-28,30H,8,11-12,15-20H2,1-6H3,(H2,38,45)(H,39,46)(H2,40,41,49)/t24-,25-,26?,27-,28-,30+/m0/s1. The van der Waals surface area contributed by atoms with Gasteiger partial charge in [-0.05, 0) is 65.7 Å². The van der Waals surface area contributed by atoms with Crippen LogP contribution in [0.3, 0.4) is 0 Å². The molecule has 4 aliphatic rings. The van der Waals surface area contributed by atoms with E-state index in [-0.39, 0.29) is 40.9 Å². The zero-order chi connectivity index (χ0) is 35.8. The molecule has 1 saturated heterocycles. The second kappa shape index (κ2) is 14.1. The number of benzene rings is 1. The van der Waals surface area contributed by atoms with E-state index in [2.05, 4.69) is 29.8 Å². The maximum atomic E-state index is 14.6. The number of nitrogens with two attached hydrogens (primary N) is 1. The normalized spacial score (nSPS) is 24.9. The van der Waals surface area contributed by atoms with Crippen LogP contribution in [-0.4, -0.2) is 83.0 Å². The lowest BCUT2D eigenvalue weighted by atomic mass is 9.83. The molecular formula is C37H54N6O6. The van der Waals surface area contributed by atoms with Crippen molar-refractivity contribution >= 4 is 35.4 Å². The molecule has 6 amide bonds. The van der Waals surface area contributed by atoms with E-state index in [0.29, 0.717) is 25.9 Å². The Kier molecular flexibility index (Phi) is 10.5. The maximum absolute atomic E-state index is 14.6. The van der Waals surface area contributed by atoms with Gasteiger partial charge in [-0.25, -0.2) is 4.79 Å². The Hall–Kier alpha value is -3.96. The monoisotopic (exact) mass is 678 g/mol. The summed E-state index contributed by atoms with van der Waals surface area (Å²) in [5.74, 6) is -3.29. The van der Waals surface area contributed by atoms with E-state index < -0.39 is 53.2 Å². The highest BCUT2D eigenvalue weighted by Crippen LogP contribution is 2.65. The van der Waals surface area contributed by atoms with E-state index in [1.165, 1.54) is 0 Å². The highest BCUT2D eigenvalue weighted by molar-refractivity contribution is 6.38. The van der Waals surface area contributed by atoms with Crippen LogP contribution in [0.2, 0.25) is 0 Å². The number of nitrogens with one attached hydrogen (secondary N) is 3.